The number of thiophene rings is 1. The van der Waals surface area contributed by atoms with E-state index in [4.69, 9.17) is 9.15 Å². The monoisotopic (exact) mass is 450 g/mol. The van der Waals surface area contributed by atoms with Gasteiger partial charge in [-0.3, -0.25) is 9.59 Å². The molecule has 0 saturated carbocycles. The van der Waals surface area contributed by atoms with Gasteiger partial charge < -0.3 is 19.0 Å². The minimum Gasteiger partial charge on any atom is -0.459 e. The number of hydrogen-bond donors (Lipinski definition) is 0. The predicted octanol–water partition coefficient (Wildman–Crippen LogP) is 3.04. The maximum absolute atomic E-state index is 13.0. The summed E-state index contributed by atoms with van der Waals surface area (Å²) >= 11 is 1.70. The molecule has 0 unspecified atom stereocenters. The second kappa shape index (κ2) is 8.63. The molecule has 0 saturated heterocycles. The van der Waals surface area contributed by atoms with Gasteiger partial charge in [-0.1, -0.05) is 24.3 Å². The Balaban J connectivity index is 1.28. The topological polar surface area (TPSA) is 80.1 Å². The lowest BCUT2D eigenvalue weighted by Gasteiger charge is -2.35. The van der Waals surface area contributed by atoms with Crippen LogP contribution in [0.4, 0.5) is 0 Å². The smallest absolute Gasteiger partial charge is 0.329 e. The van der Waals surface area contributed by atoms with Crippen LogP contribution in [0.2, 0.25) is 0 Å². The standard InChI is InChI=1S/C24H22N2O5S/c27-22(25-9-7-21-18(13-25)8-11-32-21)15-31-24(29)19-12-16-4-1-2-5-17(16)14-26(19)23(28)20-6-3-10-30-20/h1-6,8,10-11,19H,7,9,12-15H2/t19-/m1/s1. The number of fused-ring (bicyclic) bond motifs is 2. The molecule has 2 amide bonds. The molecular weight excluding hydrogens is 428 g/mol. The molecule has 2 aromatic heterocycles. The van der Waals surface area contributed by atoms with Crippen LogP contribution in [0.3, 0.4) is 0 Å². The van der Waals surface area contributed by atoms with Crippen LogP contribution in [0, 0.1) is 0 Å². The molecule has 3 aromatic rings. The Hall–Kier alpha value is -3.39. The van der Waals surface area contributed by atoms with E-state index in [1.165, 1.54) is 16.0 Å². The highest BCUT2D eigenvalue weighted by Crippen LogP contribution is 2.27. The minimum atomic E-state index is -0.819. The molecular formula is C24H22N2O5S. The molecule has 1 atom stereocenters. The van der Waals surface area contributed by atoms with Crippen molar-refractivity contribution in [2.24, 2.45) is 0 Å². The van der Waals surface area contributed by atoms with Crippen molar-refractivity contribution in [2.75, 3.05) is 13.2 Å². The summed E-state index contributed by atoms with van der Waals surface area (Å²) in [5.41, 5.74) is 3.12. The normalized spacial score (nSPS) is 17.4. The predicted molar refractivity (Wildman–Crippen MR) is 117 cm³/mol. The number of ether oxygens (including phenoxy) is 1. The van der Waals surface area contributed by atoms with E-state index in [1.807, 2.05) is 35.7 Å². The van der Waals surface area contributed by atoms with E-state index >= 15 is 0 Å². The molecule has 1 aromatic carbocycles. The lowest BCUT2D eigenvalue weighted by atomic mass is 9.93. The fourth-order valence-electron chi connectivity index (χ4n) is 4.27. The molecule has 0 aliphatic carbocycles. The molecule has 0 fully saturated rings. The van der Waals surface area contributed by atoms with E-state index in [9.17, 15) is 14.4 Å². The molecule has 0 bridgehead atoms. The minimum absolute atomic E-state index is 0.165. The van der Waals surface area contributed by atoms with Crippen molar-refractivity contribution in [3.63, 3.8) is 0 Å². The number of benzene rings is 1. The number of furan rings is 1. The average Bonchev–Trinajstić information content (AvgIpc) is 3.52. The van der Waals surface area contributed by atoms with Gasteiger partial charge in [-0.05, 0) is 46.7 Å². The Morgan fingerprint density at radius 3 is 2.69 bits per heavy atom. The van der Waals surface area contributed by atoms with E-state index < -0.39 is 12.0 Å². The highest BCUT2D eigenvalue weighted by atomic mass is 32.1. The summed E-state index contributed by atoms with van der Waals surface area (Å²) in [5.74, 6) is -1.02. The van der Waals surface area contributed by atoms with Crippen LogP contribution in [-0.2, 0) is 40.3 Å². The molecule has 32 heavy (non-hydrogen) atoms. The van der Waals surface area contributed by atoms with Crippen LogP contribution in [0.1, 0.15) is 32.1 Å². The first kappa shape index (κ1) is 20.5. The summed E-state index contributed by atoms with van der Waals surface area (Å²) in [6, 6.07) is 12.1. The quantitative estimate of drug-likeness (QED) is 0.571. The second-order valence-electron chi connectivity index (χ2n) is 7.94. The molecule has 0 N–H and O–H groups in total. The molecule has 8 heteroatoms. The van der Waals surface area contributed by atoms with Gasteiger partial charge >= 0.3 is 5.97 Å². The zero-order valence-corrected chi connectivity index (χ0v) is 18.2. The van der Waals surface area contributed by atoms with Gasteiger partial charge in [-0.25, -0.2) is 4.79 Å². The van der Waals surface area contributed by atoms with Crippen LogP contribution >= 0.6 is 11.3 Å². The van der Waals surface area contributed by atoms with Gasteiger partial charge in [0.1, 0.15) is 6.04 Å². The van der Waals surface area contributed by atoms with Crippen LogP contribution < -0.4 is 0 Å². The zero-order chi connectivity index (χ0) is 22.1. The van der Waals surface area contributed by atoms with Crippen molar-refractivity contribution in [2.45, 2.75) is 32.0 Å². The fourth-order valence-corrected chi connectivity index (χ4v) is 5.16. The summed E-state index contributed by atoms with van der Waals surface area (Å²) in [6.45, 7) is 1.09. The molecule has 0 spiro atoms. The molecule has 164 valence electrons. The van der Waals surface area contributed by atoms with E-state index in [2.05, 4.69) is 0 Å². The Bertz CT molecular complexity index is 1150. The summed E-state index contributed by atoms with van der Waals surface area (Å²) in [4.78, 5) is 43.2. The first-order chi connectivity index (χ1) is 15.6. The molecule has 2 aliphatic rings. The Morgan fingerprint density at radius 2 is 1.88 bits per heavy atom. The highest BCUT2D eigenvalue weighted by molar-refractivity contribution is 7.10. The van der Waals surface area contributed by atoms with Gasteiger partial charge in [0, 0.05) is 30.9 Å². The van der Waals surface area contributed by atoms with E-state index in [0.717, 1.165) is 23.1 Å². The first-order valence-corrected chi connectivity index (χ1v) is 11.4. The van der Waals surface area contributed by atoms with Gasteiger partial charge in [0.2, 0.25) is 0 Å². The number of esters is 1. The maximum atomic E-state index is 13.0. The van der Waals surface area contributed by atoms with Crippen molar-refractivity contribution in [3.8, 4) is 0 Å². The Morgan fingerprint density at radius 1 is 1.03 bits per heavy atom. The van der Waals surface area contributed by atoms with E-state index in [-0.39, 0.29) is 30.7 Å². The Labute approximate surface area is 189 Å². The van der Waals surface area contributed by atoms with Crippen molar-refractivity contribution < 1.29 is 23.5 Å². The lowest BCUT2D eigenvalue weighted by molar-refractivity contribution is -0.156. The number of carbonyl (C=O) groups is 3. The van der Waals surface area contributed by atoms with Gasteiger partial charge in [0.05, 0.1) is 6.26 Å². The highest BCUT2D eigenvalue weighted by Gasteiger charge is 2.37. The third-order valence-electron chi connectivity index (χ3n) is 6.01. The SMILES string of the molecule is O=C(OCC(=O)N1CCc2sccc2C1)[C@H]1Cc2ccccc2CN1C(=O)c1ccco1. The summed E-state index contributed by atoms with van der Waals surface area (Å²) in [6.07, 6.45) is 2.57. The van der Waals surface area contributed by atoms with Gasteiger partial charge in [0.15, 0.2) is 12.4 Å². The summed E-state index contributed by atoms with van der Waals surface area (Å²) < 4.78 is 10.7. The third kappa shape index (κ3) is 3.93. The van der Waals surface area contributed by atoms with Crippen molar-refractivity contribution >= 4 is 29.1 Å². The molecule has 5 rings (SSSR count). The van der Waals surface area contributed by atoms with Crippen molar-refractivity contribution in [1.29, 1.82) is 0 Å². The third-order valence-corrected chi connectivity index (χ3v) is 7.03. The van der Waals surface area contributed by atoms with Crippen LogP contribution in [0.25, 0.3) is 0 Å². The molecule has 7 nitrogen and oxygen atoms in total. The summed E-state index contributed by atoms with van der Waals surface area (Å²) in [5, 5.41) is 2.03. The molecule has 0 radical (unpaired) electrons. The number of amides is 2. The van der Waals surface area contributed by atoms with Gasteiger partial charge in [0.25, 0.3) is 11.8 Å². The number of rotatable bonds is 4. The van der Waals surface area contributed by atoms with E-state index in [0.29, 0.717) is 19.5 Å². The molecule has 2 aliphatic heterocycles. The van der Waals surface area contributed by atoms with Crippen LogP contribution in [0.5, 0.6) is 0 Å². The number of nitrogens with zero attached hydrogens (tertiary/aromatic N) is 2. The first-order valence-electron chi connectivity index (χ1n) is 10.5. The van der Waals surface area contributed by atoms with E-state index in [1.54, 1.807) is 28.4 Å². The largest absolute Gasteiger partial charge is 0.459 e. The average molecular weight is 451 g/mol. The number of hydrogen-bond acceptors (Lipinski definition) is 6. The second-order valence-corrected chi connectivity index (χ2v) is 8.94. The van der Waals surface area contributed by atoms with Gasteiger partial charge in [-0.15, -0.1) is 11.3 Å². The van der Waals surface area contributed by atoms with Crippen molar-refractivity contribution in [1.82, 2.24) is 9.80 Å². The zero-order valence-electron chi connectivity index (χ0n) is 17.4. The van der Waals surface area contributed by atoms with Crippen LogP contribution in [-0.4, -0.2) is 46.8 Å². The van der Waals surface area contributed by atoms with Crippen LogP contribution in [0.15, 0.2) is 58.5 Å². The van der Waals surface area contributed by atoms with Crippen molar-refractivity contribution in [3.05, 3.63) is 81.4 Å². The fraction of sp³-hybridized carbons (Fsp3) is 0.292. The van der Waals surface area contributed by atoms with Gasteiger partial charge in [-0.2, -0.15) is 0 Å². The maximum Gasteiger partial charge on any atom is 0.329 e. The lowest BCUT2D eigenvalue weighted by Crippen LogP contribution is -2.50. The molecule has 4 heterocycles. The summed E-state index contributed by atoms with van der Waals surface area (Å²) in [7, 11) is 0. The number of carbonyl (C=O) groups excluding carboxylic acids is 3. The Kier molecular flexibility index (Phi) is 5.53.